The average molecular weight is 286 g/mol. The predicted octanol–water partition coefficient (Wildman–Crippen LogP) is -3.00. The van der Waals surface area contributed by atoms with Gasteiger partial charge in [-0.2, -0.15) is 0 Å². The van der Waals surface area contributed by atoms with Crippen molar-refractivity contribution in [3.63, 3.8) is 0 Å². The predicted molar refractivity (Wildman–Crippen MR) is 13.0 cm³/mol. The standard InChI is InChI=1S/4H2O.2O.W/h4*1H2;;;/q;;;;;;+2/p-2. The van der Waals surface area contributed by atoms with Gasteiger partial charge in [0.2, 0.25) is 0 Å². The molecule has 0 aliphatic carbocycles. The van der Waals surface area contributed by atoms with E-state index >= 15 is 0 Å². The summed E-state index contributed by atoms with van der Waals surface area (Å²) in [4.78, 5) is 0. The van der Waals surface area contributed by atoms with E-state index in [0.29, 0.717) is 0 Å². The molecule has 48 valence electrons. The van der Waals surface area contributed by atoms with Crippen LogP contribution < -0.4 is 0 Å². The van der Waals surface area contributed by atoms with E-state index in [1.165, 1.54) is 0 Å². The van der Waals surface area contributed by atoms with Crippen molar-refractivity contribution < 1.29 is 42.0 Å². The fraction of sp³-hybridized carbons (Fsp3) is 0. The normalized spacial score (nSPS) is 8.29. The van der Waals surface area contributed by atoms with Gasteiger partial charge in [-0.1, -0.05) is 0 Å². The number of hydrogen-bond donors (Lipinski definition) is 2. The summed E-state index contributed by atoms with van der Waals surface area (Å²) in [5.41, 5.74) is 0. The van der Waals surface area contributed by atoms with Gasteiger partial charge in [-0.05, 0) is 0 Å². The molecule has 0 aromatic carbocycles. The Morgan fingerprint density at radius 3 is 1.00 bits per heavy atom. The van der Waals surface area contributed by atoms with E-state index in [1.807, 2.05) is 0 Å². The topological polar surface area (TPSA) is 138 Å². The molecule has 0 aliphatic rings. The van der Waals surface area contributed by atoms with Crippen LogP contribution in [0.2, 0.25) is 0 Å². The van der Waals surface area contributed by atoms with Gasteiger partial charge in [0.1, 0.15) is 0 Å². The third-order valence-electron chi connectivity index (χ3n) is 0. The fourth-order valence-electron chi connectivity index (χ4n) is 0. The third-order valence-corrected chi connectivity index (χ3v) is 0. The summed E-state index contributed by atoms with van der Waals surface area (Å²) in [5, 5.41) is 0. The molecule has 6 nitrogen and oxygen atoms in total. The Morgan fingerprint density at radius 2 is 1.00 bits per heavy atom. The van der Waals surface area contributed by atoms with Crippen molar-refractivity contribution in [3.05, 3.63) is 0 Å². The van der Waals surface area contributed by atoms with Crippen molar-refractivity contribution in [2.75, 3.05) is 0 Å². The first-order valence-corrected chi connectivity index (χ1v) is 5.72. The molecule has 0 unspecified atom stereocenters. The molecule has 0 aromatic heterocycles. The zero-order valence-electron chi connectivity index (χ0n) is 3.12. The maximum absolute atomic E-state index is 8.87. The molecular weight excluding hydrogens is 280 g/mol. The summed E-state index contributed by atoms with van der Waals surface area (Å²) in [6.45, 7) is 0. The summed E-state index contributed by atoms with van der Waals surface area (Å²) in [5.74, 6) is 0. The zero-order valence-corrected chi connectivity index (χ0v) is 6.05. The molecule has 0 aliphatic heterocycles. The van der Waals surface area contributed by atoms with Gasteiger partial charge in [0.15, 0.2) is 0 Å². The van der Waals surface area contributed by atoms with E-state index in [1.54, 1.807) is 0 Å². The van der Waals surface area contributed by atoms with E-state index in [0.717, 1.165) is 0 Å². The molecule has 7 heavy (non-hydrogen) atoms. The van der Waals surface area contributed by atoms with E-state index in [4.69, 9.17) is 14.3 Å². The van der Waals surface area contributed by atoms with Crippen LogP contribution in [0.25, 0.3) is 0 Å². The molecule has 0 amide bonds. The second kappa shape index (κ2) is 4.29. The van der Waals surface area contributed by atoms with E-state index in [9.17, 15) is 0 Å². The zero-order chi connectivity index (χ0) is 4.50. The second-order valence-corrected chi connectivity index (χ2v) is 3.67. The average Bonchev–Trinajstić information content (AvgIpc) is 0.722. The first-order valence-electron chi connectivity index (χ1n) is 0.698. The van der Waals surface area contributed by atoms with Crippen LogP contribution in [0.5, 0.6) is 0 Å². The first kappa shape index (κ1) is 15.7. The van der Waals surface area contributed by atoms with Crippen LogP contribution in [-0.2, 0) is 23.5 Å². The van der Waals surface area contributed by atoms with E-state index < -0.39 is 16.7 Å². The second-order valence-electron chi connectivity index (χ2n) is 0.448. The van der Waals surface area contributed by atoms with E-state index in [-0.39, 0.29) is 11.0 Å². The van der Waals surface area contributed by atoms with Gasteiger partial charge in [0.25, 0.3) is 0 Å². The van der Waals surface area contributed by atoms with Crippen LogP contribution in [0.4, 0.5) is 0 Å². The molecule has 0 bridgehead atoms. The Morgan fingerprint density at radius 1 is 1.00 bits per heavy atom. The molecule has 0 spiro atoms. The van der Waals surface area contributed by atoms with Crippen molar-refractivity contribution in [3.8, 4) is 0 Å². The van der Waals surface area contributed by atoms with Crippen LogP contribution in [-0.4, -0.2) is 18.5 Å². The van der Waals surface area contributed by atoms with Gasteiger partial charge in [0, 0.05) is 0 Å². The number of hydrogen-bond acceptors (Lipinski definition) is 2. The Hall–Kier alpha value is 0.128. The van der Waals surface area contributed by atoms with Gasteiger partial charge >= 0.3 is 31.1 Å². The van der Waals surface area contributed by atoms with Gasteiger partial charge in [-0.25, -0.2) is 0 Å². The quantitative estimate of drug-likeness (QED) is 0.490. The molecule has 7 heteroatoms. The van der Waals surface area contributed by atoms with Crippen LogP contribution in [0, 0.1) is 0 Å². The minimum absolute atomic E-state index is 0. The van der Waals surface area contributed by atoms with E-state index in [2.05, 4.69) is 0 Å². The summed E-state index contributed by atoms with van der Waals surface area (Å²) in [7, 11) is 0. The summed E-state index contributed by atoms with van der Waals surface area (Å²) in [6, 6.07) is 0. The fourth-order valence-corrected chi connectivity index (χ4v) is 0. The molecule has 0 saturated heterocycles. The Bertz CT molecular complexity index is 87.3. The molecule has 0 atom stereocenters. The van der Waals surface area contributed by atoms with Crippen molar-refractivity contribution >= 4 is 0 Å². The monoisotopic (exact) mass is 286 g/mol. The Balaban J connectivity index is -0.0000000800. The summed E-state index contributed by atoms with van der Waals surface area (Å²) >= 11 is -5.67. The van der Waals surface area contributed by atoms with Gasteiger partial charge in [-0.3, -0.25) is 0 Å². The van der Waals surface area contributed by atoms with Crippen molar-refractivity contribution in [2.45, 2.75) is 0 Å². The Kier molecular flexibility index (Phi) is 9.63. The molecule has 0 heterocycles. The molecule has 0 fully saturated rings. The van der Waals surface area contributed by atoms with Crippen LogP contribution in [0.15, 0.2) is 0 Å². The summed E-state index contributed by atoms with van der Waals surface area (Å²) in [6.07, 6.45) is 0. The first-order chi connectivity index (χ1) is 2.00. The molecule has 0 rings (SSSR count). The SMILES string of the molecule is O.O.[O]=[W](=[O])([OH])[OH]. The maximum atomic E-state index is 8.87. The Labute approximate surface area is 42.7 Å². The minimum atomic E-state index is -5.67. The molecule has 6 N–H and O–H groups in total. The van der Waals surface area contributed by atoms with Crippen LogP contribution in [0.1, 0.15) is 0 Å². The molecule has 0 saturated carbocycles. The molecular formula is H6O6W. The number of rotatable bonds is 0. The van der Waals surface area contributed by atoms with Gasteiger partial charge < -0.3 is 11.0 Å². The van der Waals surface area contributed by atoms with Gasteiger partial charge in [-0.15, -0.1) is 0 Å². The third kappa shape index (κ3) is 6340. The van der Waals surface area contributed by atoms with Gasteiger partial charge in [0.05, 0.1) is 0 Å². The van der Waals surface area contributed by atoms with Crippen molar-refractivity contribution in [1.82, 2.24) is 0 Å². The van der Waals surface area contributed by atoms with Crippen LogP contribution >= 0.6 is 0 Å². The van der Waals surface area contributed by atoms with Crippen molar-refractivity contribution in [2.24, 2.45) is 0 Å². The molecule has 0 aromatic rings. The van der Waals surface area contributed by atoms with Crippen LogP contribution in [0.3, 0.4) is 0 Å². The molecule has 0 radical (unpaired) electrons. The van der Waals surface area contributed by atoms with Crippen molar-refractivity contribution in [1.29, 1.82) is 0 Å². The summed E-state index contributed by atoms with van der Waals surface area (Å²) < 4.78 is 32.1.